The second-order valence-electron chi connectivity index (χ2n) is 12.0. The summed E-state index contributed by atoms with van der Waals surface area (Å²) in [6.45, 7) is 4.03. The quantitative estimate of drug-likeness (QED) is 0.203. The van der Waals surface area contributed by atoms with Gasteiger partial charge < -0.3 is 29.6 Å². The molecule has 1 amide bonds. The van der Waals surface area contributed by atoms with E-state index in [0.29, 0.717) is 24.7 Å². The Morgan fingerprint density at radius 3 is 2.59 bits per heavy atom. The fraction of sp³-hybridized carbons (Fsp3) is 0.417. The van der Waals surface area contributed by atoms with E-state index in [1.807, 2.05) is 24.3 Å². The van der Waals surface area contributed by atoms with E-state index < -0.39 is 42.2 Å². The molecule has 2 fully saturated rings. The lowest BCUT2D eigenvalue weighted by molar-refractivity contribution is -0.150. The number of carbonyl (C=O) groups excluding carboxylic acids is 3. The molecular weight excluding hydrogens is 630 g/mol. The van der Waals surface area contributed by atoms with Gasteiger partial charge in [0, 0.05) is 56.3 Å². The number of hydrogen-bond donors (Lipinski definition) is 2. The van der Waals surface area contributed by atoms with E-state index in [0.717, 1.165) is 37.1 Å². The van der Waals surface area contributed by atoms with Crippen molar-refractivity contribution in [2.45, 2.75) is 63.6 Å². The Bertz CT molecular complexity index is 1670. The molecule has 0 saturated carbocycles. The molecule has 0 aliphatic carbocycles. The Labute approximate surface area is 284 Å². The molecule has 5 rings (SSSR count). The summed E-state index contributed by atoms with van der Waals surface area (Å²) >= 11 is 0. The van der Waals surface area contributed by atoms with Crippen molar-refractivity contribution in [3.8, 4) is 12.3 Å². The maximum atomic E-state index is 12.9. The van der Waals surface area contributed by atoms with Crippen molar-refractivity contribution in [1.82, 2.24) is 19.8 Å². The number of carbonyl (C=O) groups is 3. The minimum atomic E-state index is -0.889. The Kier molecular flexibility index (Phi) is 12.5. The van der Waals surface area contributed by atoms with E-state index in [4.69, 9.17) is 25.4 Å². The van der Waals surface area contributed by atoms with Gasteiger partial charge in [0.05, 0.1) is 0 Å². The maximum Gasteiger partial charge on any atom is 0.508 e. The van der Waals surface area contributed by atoms with Crippen LogP contribution in [-0.4, -0.2) is 83.6 Å². The van der Waals surface area contributed by atoms with Gasteiger partial charge in [-0.25, -0.2) is 9.59 Å². The van der Waals surface area contributed by atoms with Crippen molar-refractivity contribution in [1.29, 1.82) is 0 Å². The molecule has 2 aliphatic heterocycles. The van der Waals surface area contributed by atoms with Crippen molar-refractivity contribution in [3.05, 3.63) is 94.0 Å². The van der Waals surface area contributed by atoms with Gasteiger partial charge in [-0.2, -0.15) is 4.98 Å². The third-order valence-corrected chi connectivity index (χ3v) is 8.33. The van der Waals surface area contributed by atoms with E-state index in [9.17, 15) is 19.2 Å². The topological polar surface area (TPSA) is 150 Å². The van der Waals surface area contributed by atoms with Gasteiger partial charge in [-0.1, -0.05) is 42.7 Å². The number of terminal acetylenes is 1. The molecule has 49 heavy (non-hydrogen) atoms. The molecule has 4 unspecified atom stereocenters. The molecule has 2 aromatic carbocycles. The molecule has 4 atom stereocenters. The van der Waals surface area contributed by atoms with Crippen LogP contribution in [0.15, 0.2) is 71.7 Å². The highest BCUT2D eigenvalue weighted by molar-refractivity contribution is 6.03. The molecule has 3 aromatic rings. The summed E-state index contributed by atoms with van der Waals surface area (Å²) in [5.41, 5.74) is 1.65. The molecule has 258 valence electrons. The van der Waals surface area contributed by atoms with E-state index in [1.54, 1.807) is 30.3 Å². The lowest BCUT2D eigenvalue weighted by Crippen LogP contribution is -2.44. The van der Waals surface area contributed by atoms with Crippen LogP contribution in [0, 0.1) is 12.3 Å². The van der Waals surface area contributed by atoms with Crippen LogP contribution in [0.25, 0.3) is 0 Å². The molecule has 0 bridgehead atoms. The second kappa shape index (κ2) is 17.4. The van der Waals surface area contributed by atoms with E-state index in [2.05, 4.69) is 26.4 Å². The summed E-state index contributed by atoms with van der Waals surface area (Å²) in [5.74, 6) is 1.74. The van der Waals surface area contributed by atoms with E-state index in [-0.39, 0.29) is 25.5 Å². The fourth-order valence-corrected chi connectivity index (χ4v) is 5.88. The smallest absolute Gasteiger partial charge is 0.459 e. The first-order valence-electron chi connectivity index (χ1n) is 16.4. The first-order valence-corrected chi connectivity index (χ1v) is 16.4. The zero-order valence-electron chi connectivity index (χ0n) is 27.4. The largest absolute Gasteiger partial charge is 0.508 e. The van der Waals surface area contributed by atoms with Crippen molar-refractivity contribution < 1.29 is 33.3 Å². The average Bonchev–Trinajstić information content (AvgIpc) is 3.49. The predicted molar refractivity (Wildman–Crippen MR) is 180 cm³/mol. The van der Waals surface area contributed by atoms with E-state index in [1.165, 1.54) is 30.2 Å². The highest BCUT2D eigenvalue weighted by Gasteiger charge is 2.40. The molecule has 13 heteroatoms. The van der Waals surface area contributed by atoms with Crippen LogP contribution in [-0.2, 0) is 30.3 Å². The van der Waals surface area contributed by atoms with Crippen LogP contribution < -0.4 is 16.3 Å². The fourth-order valence-electron chi connectivity index (χ4n) is 5.88. The highest BCUT2D eigenvalue weighted by atomic mass is 16.7. The van der Waals surface area contributed by atoms with Crippen molar-refractivity contribution in [3.63, 3.8) is 0 Å². The summed E-state index contributed by atoms with van der Waals surface area (Å²) in [7, 11) is 0. The predicted octanol–water partition coefficient (Wildman–Crippen LogP) is 3.49. The summed E-state index contributed by atoms with van der Waals surface area (Å²) in [6, 6.07) is 18.2. The van der Waals surface area contributed by atoms with Gasteiger partial charge in [0.2, 0.25) is 0 Å². The van der Waals surface area contributed by atoms with Crippen LogP contribution in [0.2, 0.25) is 0 Å². The molecule has 0 radical (unpaired) electrons. The minimum Gasteiger partial charge on any atom is -0.459 e. The normalized spacial score (nSPS) is 20.3. The van der Waals surface area contributed by atoms with Crippen LogP contribution >= 0.6 is 0 Å². The summed E-state index contributed by atoms with van der Waals surface area (Å²) in [5, 5.41) is 6.16. The number of esters is 1. The summed E-state index contributed by atoms with van der Waals surface area (Å²) < 4.78 is 23.4. The minimum absolute atomic E-state index is 0.0719. The third kappa shape index (κ3) is 10.5. The lowest BCUT2D eigenvalue weighted by Gasteiger charge is -2.30. The second-order valence-corrected chi connectivity index (χ2v) is 12.0. The maximum absolute atomic E-state index is 12.9. The average molecular weight is 672 g/mol. The molecule has 2 saturated heterocycles. The van der Waals surface area contributed by atoms with Gasteiger partial charge in [0.15, 0.2) is 0 Å². The SMILES string of the molecule is C#Cc1ccc(CN(CCOC(=O)OCC2OC(n3ccc(NC(=O)c4ccccc4)nc3=O)CC2OC(C)=O)CC2CCCCN2)cc1. The zero-order valence-corrected chi connectivity index (χ0v) is 27.4. The number of benzene rings is 2. The number of nitrogens with zero attached hydrogens (tertiary/aromatic N) is 3. The van der Waals surface area contributed by atoms with Gasteiger partial charge in [0.1, 0.15) is 37.5 Å². The van der Waals surface area contributed by atoms with Crippen LogP contribution in [0.5, 0.6) is 0 Å². The Hall–Kier alpha value is -5.03. The Balaban J connectivity index is 1.13. The molecule has 3 heterocycles. The van der Waals surface area contributed by atoms with Crippen molar-refractivity contribution in [2.75, 3.05) is 38.2 Å². The van der Waals surface area contributed by atoms with Gasteiger partial charge in [-0.15, -0.1) is 6.42 Å². The number of aromatic nitrogens is 2. The van der Waals surface area contributed by atoms with Gasteiger partial charge in [-0.3, -0.25) is 19.1 Å². The highest BCUT2D eigenvalue weighted by Crippen LogP contribution is 2.30. The number of anilines is 1. The van der Waals surface area contributed by atoms with Gasteiger partial charge >= 0.3 is 17.8 Å². The zero-order chi connectivity index (χ0) is 34.6. The lowest BCUT2D eigenvalue weighted by atomic mass is 10.0. The first kappa shape index (κ1) is 35.3. The van der Waals surface area contributed by atoms with Crippen molar-refractivity contribution in [2.24, 2.45) is 0 Å². The number of nitrogens with one attached hydrogen (secondary N) is 2. The number of amides is 1. The molecule has 2 aliphatic rings. The molecule has 13 nitrogen and oxygen atoms in total. The van der Waals surface area contributed by atoms with Gasteiger partial charge in [0.25, 0.3) is 5.91 Å². The Morgan fingerprint density at radius 1 is 1.10 bits per heavy atom. The number of hydrogen-bond acceptors (Lipinski definition) is 11. The van der Waals surface area contributed by atoms with E-state index >= 15 is 0 Å². The third-order valence-electron chi connectivity index (χ3n) is 8.33. The summed E-state index contributed by atoms with van der Waals surface area (Å²) in [4.78, 5) is 56.0. The molecule has 0 spiro atoms. The number of piperidine rings is 1. The number of ether oxygens (including phenoxy) is 4. The monoisotopic (exact) mass is 671 g/mol. The number of rotatable bonds is 13. The molecule has 1 aromatic heterocycles. The Morgan fingerprint density at radius 2 is 1.90 bits per heavy atom. The standard InChI is InChI=1S/C36H41N5O8/c1-3-26-12-14-27(15-13-26)22-40(23-29-11-7-8-17-37-29)19-20-46-36(45)47-24-31-30(48-25(2)42)21-33(49-31)41-18-16-32(39-35(41)44)38-34(43)28-9-5-4-6-10-28/h1,4-6,9-10,12-16,18,29-31,33,37H,7-8,11,17,19-24H2,2H3,(H,38,39,43,44). The van der Waals surface area contributed by atoms with Crippen LogP contribution in [0.1, 0.15) is 60.3 Å². The van der Waals surface area contributed by atoms with Gasteiger partial charge in [-0.05, 0) is 55.3 Å². The van der Waals surface area contributed by atoms with Crippen LogP contribution in [0.4, 0.5) is 10.6 Å². The van der Waals surface area contributed by atoms with Crippen LogP contribution in [0.3, 0.4) is 0 Å². The molecular formula is C36H41N5O8. The van der Waals surface area contributed by atoms with Crippen molar-refractivity contribution >= 4 is 23.8 Å². The summed E-state index contributed by atoms with van der Waals surface area (Å²) in [6.07, 6.45) is 7.07. The molecule has 2 N–H and O–H groups in total. The first-order chi connectivity index (χ1) is 23.8.